The van der Waals surface area contributed by atoms with Crippen LogP contribution >= 0.6 is 0 Å². The van der Waals surface area contributed by atoms with E-state index in [1.807, 2.05) is 6.07 Å². The third-order valence-electron chi connectivity index (χ3n) is 2.34. The summed E-state index contributed by atoms with van der Waals surface area (Å²) in [6.45, 7) is 7.60. The Bertz CT molecular complexity index is 336. The van der Waals surface area contributed by atoms with Crippen LogP contribution in [0.25, 0.3) is 0 Å². The van der Waals surface area contributed by atoms with Crippen molar-refractivity contribution in [2.45, 2.75) is 27.2 Å². The summed E-state index contributed by atoms with van der Waals surface area (Å²) in [5, 5.41) is 0. The predicted molar refractivity (Wildman–Crippen MR) is 62.4 cm³/mol. The Morgan fingerprint density at radius 1 is 1.47 bits per heavy atom. The van der Waals surface area contributed by atoms with Crippen molar-refractivity contribution >= 4 is 11.6 Å². The molecular formula is C12H18N2O. The zero-order valence-corrected chi connectivity index (χ0v) is 9.66. The molecule has 0 fully saturated rings. The van der Waals surface area contributed by atoms with E-state index in [0.717, 1.165) is 25.3 Å². The first-order valence-corrected chi connectivity index (χ1v) is 5.41. The number of aromatic nitrogens is 1. The molecule has 0 bridgehead atoms. The van der Waals surface area contributed by atoms with Gasteiger partial charge in [-0.05, 0) is 32.4 Å². The van der Waals surface area contributed by atoms with Gasteiger partial charge in [-0.25, -0.2) is 4.98 Å². The normalized spacial score (nSPS) is 10.1. The molecule has 0 aromatic carbocycles. The Kier molecular flexibility index (Phi) is 4.28. The van der Waals surface area contributed by atoms with Crippen molar-refractivity contribution in [1.82, 2.24) is 4.98 Å². The van der Waals surface area contributed by atoms with Gasteiger partial charge in [0, 0.05) is 19.3 Å². The van der Waals surface area contributed by atoms with Crippen LogP contribution in [0.15, 0.2) is 18.3 Å². The lowest BCUT2D eigenvalue weighted by atomic mass is 10.1. The number of hydrogen-bond acceptors (Lipinski definition) is 3. The Morgan fingerprint density at radius 2 is 2.20 bits per heavy atom. The van der Waals surface area contributed by atoms with E-state index in [1.165, 1.54) is 0 Å². The lowest BCUT2D eigenvalue weighted by Gasteiger charge is -2.22. The smallest absolute Gasteiger partial charge is 0.163 e. The molecular weight excluding hydrogens is 188 g/mol. The fraction of sp³-hybridized carbons (Fsp3) is 0.500. The number of nitrogens with zero attached hydrogens (tertiary/aromatic N) is 2. The van der Waals surface area contributed by atoms with Crippen molar-refractivity contribution in [1.29, 1.82) is 0 Å². The topological polar surface area (TPSA) is 33.2 Å². The van der Waals surface area contributed by atoms with Gasteiger partial charge in [0.05, 0.1) is 5.56 Å². The minimum atomic E-state index is 0.0765. The van der Waals surface area contributed by atoms with E-state index in [4.69, 9.17) is 0 Å². The molecule has 0 saturated heterocycles. The molecule has 0 saturated carbocycles. The van der Waals surface area contributed by atoms with Crippen LogP contribution in [-0.4, -0.2) is 23.9 Å². The molecule has 0 spiro atoms. The predicted octanol–water partition coefficient (Wildman–Crippen LogP) is 2.52. The number of hydrogen-bond donors (Lipinski definition) is 0. The number of pyridine rings is 1. The Morgan fingerprint density at radius 3 is 2.73 bits per heavy atom. The van der Waals surface area contributed by atoms with E-state index in [-0.39, 0.29) is 5.78 Å². The molecule has 3 nitrogen and oxygen atoms in total. The molecule has 82 valence electrons. The lowest BCUT2D eigenvalue weighted by Crippen LogP contribution is -2.26. The summed E-state index contributed by atoms with van der Waals surface area (Å²) in [7, 11) is 0. The van der Waals surface area contributed by atoms with Crippen molar-refractivity contribution in [3.05, 3.63) is 23.9 Å². The number of carbonyl (C=O) groups excluding carboxylic acids is 1. The second kappa shape index (κ2) is 5.49. The maximum absolute atomic E-state index is 11.4. The summed E-state index contributed by atoms with van der Waals surface area (Å²) in [4.78, 5) is 17.9. The van der Waals surface area contributed by atoms with Gasteiger partial charge in [0.15, 0.2) is 5.78 Å². The average molecular weight is 206 g/mol. The van der Waals surface area contributed by atoms with Crippen LogP contribution in [0.4, 0.5) is 5.82 Å². The van der Waals surface area contributed by atoms with E-state index in [2.05, 4.69) is 23.7 Å². The minimum absolute atomic E-state index is 0.0765. The summed E-state index contributed by atoms with van der Waals surface area (Å²) < 4.78 is 0. The number of anilines is 1. The zero-order valence-electron chi connectivity index (χ0n) is 9.66. The van der Waals surface area contributed by atoms with E-state index in [1.54, 1.807) is 19.2 Å². The van der Waals surface area contributed by atoms with E-state index in [0.29, 0.717) is 5.56 Å². The van der Waals surface area contributed by atoms with Crippen molar-refractivity contribution < 1.29 is 4.79 Å². The first-order chi connectivity index (χ1) is 7.20. The van der Waals surface area contributed by atoms with Gasteiger partial charge in [0.1, 0.15) is 5.82 Å². The van der Waals surface area contributed by atoms with Crippen LogP contribution in [0.1, 0.15) is 37.6 Å². The molecule has 0 aliphatic heterocycles. The van der Waals surface area contributed by atoms with Crippen LogP contribution in [0.2, 0.25) is 0 Å². The van der Waals surface area contributed by atoms with Gasteiger partial charge in [-0.3, -0.25) is 4.79 Å². The molecule has 0 radical (unpaired) electrons. The fourth-order valence-electron chi connectivity index (χ4n) is 1.61. The third kappa shape index (κ3) is 2.78. The van der Waals surface area contributed by atoms with Gasteiger partial charge >= 0.3 is 0 Å². The molecule has 0 atom stereocenters. The Labute approximate surface area is 91.1 Å². The number of Topliss-reactive ketones (excluding diaryl/α,β-unsaturated/α-hetero) is 1. The summed E-state index contributed by atoms with van der Waals surface area (Å²) in [5.41, 5.74) is 0.716. The fourth-order valence-corrected chi connectivity index (χ4v) is 1.61. The molecule has 3 heteroatoms. The van der Waals surface area contributed by atoms with Gasteiger partial charge in [-0.2, -0.15) is 0 Å². The second-order valence-electron chi connectivity index (χ2n) is 3.51. The number of ketones is 1. The van der Waals surface area contributed by atoms with Crippen molar-refractivity contribution in [3.63, 3.8) is 0 Å². The summed E-state index contributed by atoms with van der Waals surface area (Å²) in [6, 6.07) is 3.64. The largest absolute Gasteiger partial charge is 0.356 e. The molecule has 1 aromatic rings. The summed E-state index contributed by atoms with van der Waals surface area (Å²) >= 11 is 0. The molecule has 0 unspecified atom stereocenters. The van der Waals surface area contributed by atoms with Gasteiger partial charge < -0.3 is 4.90 Å². The van der Waals surface area contributed by atoms with E-state index in [9.17, 15) is 4.79 Å². The minimum Gasteiger partial charge on any atom is -0.356 e. The van der Waals surface area contributed by atoms with Crippen molar-refractivity contribution in [3.8, 4) is 0 Å². The molecule has 0 aliphatic rings. The molecule has 1 heterocycles. The Balaban J connectivity index is 3.04. The number of carbonyl (C=O) groups is 1. The van der Waals surface area contributed by atoms with Crippen LogP contribution < -0.4 is 4.90 Å². The average Bonchev–Trinajstić information content (AvgIpc) is 2.26. The lowest BCUT2D eigenvalue weighted by molar-refractivity contribution is 0.101. The van der Waals surface area contributed by atoms with Gasteiger partial charge in [-0.15, -0.1) is 0 Å². The molecule has 0 aliphatic carbocycles. The van der Waals surface area contributed by atoms with Crippen molar-refractivity contribution in [2.75, 3.05) is 18.0 Å². The molecule has 0 amide bonds. The third-order valence-corrected chi connectivity index (χ3v) is 2.34. The van der Waals surface area contributed by atoms with Gasteiger partial charge in [0.2, 0.25) is 0 Å². The highest BCUT2D eigenvalue weighted by atomic mass is 16.1. The number of rotatable bonds is 5. The molecule has 1 rings (SSSR count). The highest BCUT2D eigenvalue weighted by Gasteiger charge is 2.12. The quantitative estimate of drug-likeness (QED) is 0.694. The second-order valence-corrected chi connectivity index (χ2v) is 3.51. The monoisotopic (exact) mass is 206 g/mol. The van der Waals surface area contributed by atoms with Crippen LogP contribution in [0.5, 0.6) is 0 Å². The van der Waals surface area contributed by atoms with Crippen LogP contribution in [0.3, 0.4) is 0 Å². The van der Waals surface area contributed by atoms with E-state index < -0.39 is 0 Å². The SMILES string of the molecule is CCCN(CC)c1ncccc1C(C)=O. The maximum Gasteiger partial charge on any atom is 0.163 e. The van der Waals surface area contributed by atoms with Crippen LogP contribution in [0, 0.1) is 0 Å². The standard InChI is InChI=1S/C12H18N2O/c1-4-9-14(5-2)12-11(10(3)15)7-6-8-13-12/h6-8H,4-5,9H2,1-3H3. The zero-order chi connectivity index (χ0) is 11.3. The molecule has 0 N–H and O–H groups in total. The van der Waals surface area contributed by atoms with E-state index >= 15 is 0 Å². The van der Waals surface area contributed by atoms with Gasteiger partial charge in [0.25, 0.3) is 0 Å². The van der Waals surface area contributed by atoms with Gasteiger partial charge in [-0.1, -0.05) is 6.92 Å². The molecule has 1 aromatic heterocycles. The Hall–Kier alpha value is -1.38. The molecule has 15 heavy (non-hydrogen) atoms. The first kappa shape index (κ1) is 11.7. The highest BCUT2D eigenvalue weighted by Crippen LogP contribution is 2.17. The highest BCUT2D eigenvalue weighted by molar-refractivity contribution is 5.98. The van der Waals surface area contributed by atoms with Crippen molar-refractivity contribution in [2.24, 2.45) is 0 Å². The summed E-state index contributed by atoms with van der Waals surface area (Å²) in [6.07, 6.45) is 2.79. The summed E-state index contributed by atoms with van der Waals surface area (Å²) in [5.74, 6) is 0.891. The first-order valence-electron chi connectivity index (χ1n) is 5.41. The maximum atomic E-state index is 11.4. The van der Waals surface area contributed by atoms with Crippen LogP contribution in [-0.2, 0) is 0 Å².